The van der Waals surface area contributed by atoms with E-state index in [2.05, 4.69) is 54.2 Å². The van der Waals surface area contributed by atoms with E-state index in [1.54, 1.807) is 0 Å². The first-order valence-electron chi connectivity index (χ1n) is 7.09. The van der Waals surface area contributed by atoms with Crippen LogP contribution in [0.1, 0.15) is 38.1 Å². The first kappa shape index (κ1) is 13.5. The molecule has 0 amide bonds. The van der Waals surface area contributed by atoms with Crippen LogP contribution in [0, 0.1) is 6.92 Å². The molecule has 0 saturated carbocycles. The van der Waals surface area contributed by atoms with E-state index in [9.17, 15) is 0 Å². The molecule has 1 aromatic rings. The van der Waals surface area contributed by atoms with Crippen molar-refractivity contribution < 1.29 is 0 Å². The summed E-state index contributed by atoms with van der Waals surface area (Å²) < 4.78 is 0. The largest absolute Gasteiger partial charge is 0.311 e. The molecule has 0 spiro atoms. The van der Waals surface area contributed by atoms with Gasteiger partial charge in [-0.15, -0.1) is 0 Å². The van der Waals surface area contributed by atoms with E-state index in [0.717, 1.165) is 25.3 Å². The normalized spacial score (nSPS) is 25.3. The molecule has 1 aliphatic rings. The van der Waals surface area contributed by atoms with Crippen molar-refractivity contribution in [2.24, 2.45) is 0 Å². The van der Waals surface area contributed by atoms with Crippen molar-refractivity contribution in [1.82, 2.24) is 15.2 Å². The Balaban J connectivity index is 2.03. The number of hydrogen-bond donors (Lipinski definition) is 1. The Hall–Kier alpha value is -0.930. The lowest BCUT2D eigenvalue weighted by molar-refractivity contribution is 0.118. The third-order valence-corrected chi connectivity index (χ3v) is 3.66. The fourth-order valence-electron chi connectivity index (χ4n) is 2.74. The van der Waals surface area contributed by atoms with E-state index in [4.69, 9.17) is 0 Å². The molecule has 1 fully saturated rings. The summed E-state index contributed by atoms with van der Waals surface area (Å²) in [5.74, 6) is 0. The molecule has 1 N–H and O–H groups in total. The number of rotatable bonds is 4. The topological polar surface area (TPSA) is 28.2 Å². The Bertz CT molecular complexity index is 378. The fourth-order valence-corrected chi connectivity index (χ4v) is 2.74. The minimum absolute atomic E-state index is 0.586. The fraction of sp³-hybridized carbons (Fsp3) is 0.667. The summed E-state index contributed by atoms with van der Waals surface area (Å²) in [6.07, 6.45) is 2.52. The maximum absolute atomic E-state index is 4.62. The average molecular weight is 247 g/mol. The van der Waals surface area contributed by atoms with Gasteiger partial charge in [0.2, 0.25) is 0 Å². The highest BCUT2D eigenvalue weighted by molar-refractivity contribution is 5.10. The Labute approximate surface area is 111 Å². The van der Waals surface area contributed by atoms with E-state index in [1.165, 1.54) is 18.5 Å². The average Bonchev–Trinajstić information content (AvgIpc) is 2.33. The number of nitrogens with zero attached hydrogens (tertiary/aromatic N) is 2. The monoisotopic (exact) mass is 247 g/mol. The predicted octanol–water partition coefficient (Wildman–Crippen LogP) is 2.35. The molecule has 3 heteroatoms. The Morgan fingerprint density at radius 2 is 2.28 bits per heavy atom. The molecule has 0 bridgehead atoms. The van der Waals surface area contributed by atoms with Gasteiger partial charge in [-0.25, -0.2) is 0 Å². The van der Waals surface area contributed by atoms with E-state index in [0.29, 0.717) is 12.1 Å². The molecule has 1 saturated heterocycles. The van der Waals surface area contributed by atoms with Crippen LogP contribution in [-0.4, -0.2) is 35.1 Å². The van der Waals surface area contributed by atoms with Crippen LogP contribution >= 0.6 is 0 Å². The Morgan fingerprint density at radius 3 is 3.00 bits per heavy atom. The molecular weight excluding hydrogens is 222 g/mol. The SMILES string of the molecule is CCCC1CNC(C)CN1Cc1cccc(C)n1. The zero-order chi connectivity index (χ0) is 13.0. The van der Waals surface area contributed by atoms with Crippen LogP contribution in [0.2, 0.25) is 0 Å². The van der Waals surface area contributed by atoms with Crippen LogP contribution in [0.3, 0.4) is 0 Å². The molecular formula is C15H25N3. The number of aryl methyl sites for hydroxylation is 1. The standard InChI is InChI=1S/C15H25N3/c1-4-6-15-9-16-13(3)10-18(15)11-14-8-5-7-12(2)17-14/h5,7-8,13,15-16H,4,6,9-11H2,1-3H3. The lowest BCUT2D eigenvalue weighted by Crippen LogP contribution is -2.54. The molecule has 18 heavy (non-hydrogen) atoms. The summed E-state index contributed by atoms with van der Waals surface area (Å²) in [6.45, 7) is 9.81. The second kappa shape index (κ2) is 6.30. The highest BCUT2D eigenvalue weighted by Gasteiger charge is 2.25. The lowest BCUT2D eigenvalue weighted by Gasteiger charge is -2.39. The van der Waals surface area contributed by atoms with Gasteiger partial charge in [-0.2, -0.15) is 0 Å². The molecule has 2 heterocycles. The van der Waals surface area contributed by atoms with E-state index >= 15 is 0 Å². The zero-order valence-electron chi connectivity index (χ0n) is 11.8. The first-order valence-corrected chi connectivity index (χ1v) is 7.09. The van der Waals surface area contributed by atoms with Crippen molar-refractivity contribution in [3.8, 4) is 0 Å². The van der Waals surface area contributed by atoms with Gasteiger partial charge < -0.3 is 5.32 Å². The smallest absolute Gasteiger partial charge is 0.0547 e. The van der Waals surface area contributed by atoms with Crippen molar-refractivity contribution in [1.29, 1.82) is 0 Å². The van der Waals surface area contributed by atoms with Gasteiger partial charge in [0.05, 0.1) is 5.69 Å². The van der Waals surface area contributed by atoms with Crippen molar-refractivity contribution in [2.75, 3.05) is 13.1 Å². The molecule has 2 rings (SSSR count). The summed E-state index contributed by atoms with van der Waals surface area (Å²) in [5.41, 5.74) is 2.31. The molecule has 2 unspecified atom stereocenters. The van der Waals surface area contributed by atoms with Crippen molar-refractivity contribution in [2.45, 2.75) is 52.2 Å². The molecule has 0 aromatic carbocycles. The zero-order valence-corrected chi connectivity index (χ0v) is 11.8. The summed E-state index contributed by atoms with van der Waals surface area (Å²) >= 11 is 0. The lowest BCUT2D eigenvalue weighted by atomic mass is 10.0. The second-order valence-corrected chi connectivity index (χ2v) is 5.45. The number of aromatic nitrogens is 1. The summed E-state index contributed by atoms with van der Waals surface area (Å²) in [4.78, 5) is 7.21. The van der Waals surface area contributed by atoms with Crippen LogP contribution in [0.4, 0.5) is 0 Å². The van der Waals surface area contributed by atoms with Gasteiger partial charge in [-0.1, -0.05) is 19.4 Å². The molecule has 1 aromatic heterocycles. The third-order valence-electron chi connectivity index (χ3n) is 3.66. The van der Waals surface area contributed by atoms with Gasteiger partial charge in [0.15, 0.2) is 0 Å². The minimum Gasteiger partial charge on any atom is -0.311 e. The van der Waals surface area contributed by atoms with E-state index < -0.39 is 0 Å². The molecule has 100 valence electrons. The van der Waals surface area contributed by atoms with Crippen LogP contribution < -0.4 is 5.32 Å². The van der Waals surface area contributed by atoms with Gasteiger partial charge in [-0.3, -0.25) is 9.88 Å². The quantitative estimate of drug-likeness (QED) is 0.885. The third kappa shape index (κ3) is 3.53. The number of piperazine rings is 1. The number of hydrogen-bond acceptors (Lipinski definition) is 3. The highest BCUT2D eigenvalue weighted by Crippen LogP contribution is 2.15. The van der Waals surface area contributed by atoms with Crippen LogP contribution in [0.5, 0.6) is 0 Å². The second-order valence-electron chi connectivity index (χ2n) is 5.45. The molecule has 2 atom stereocenters. The molecule has 1 aliphatic heterocycles. The van der Waals surface area contributed by atoms with Crippen LogP contribution in [-0.2, 0) is 6.54 Å². The first-order chi connectivity index (χ1) is 8.69. The molecule has 0 radical (unpaired) electrons. The van der Waals surface area contributed by atoms with E-state index in [-0.39, 0.29) is 0 Å². The maximum Gasteiger partial charge on any atom is 0.0547 e. The summed E-state index contributed by atoms with van der Waals surface area (Å²) in [7, 11) is 0. The van der Waals surface area contributed by atoms with Gasteiger partial charge >= 0.3 is 0 Å². The molecule has 0 aliphatic carbocycles. The van der Waals surface area contributed by atoms with Crippen molar-refractivity contribution in [3.63, 3.8) is 0 Å². The van der Waals surface area contributed by atoms with Gasteiger partial charge in [0.1, 0.15) is 0 Å². The number of nitrogens with one attached hydrogen (secondary N) is 1. The van der Waals surface area contributed by atoms with Gasteiger partial charge in [0, 0.05) is 37.4 Å². The highest BCUT2D eigenvalue weighted by atomic mass is 15.2. The van der Waals surface area contributed by atoms with Crippen molar-refractivity contribution in [3.05, 3.63) is 29.6 Å². The van der Waals surface area contributed by atoms with E-state index in [1.807, 2.05) is 0 Å². The summed E-state index contributed by atoms with van der Waals surface area (Å²) in [5, 5.41) is 3.58. The maximum atomic E-state index is 4.62. The van der Waals surface area contributed by atoms with Crippen LogP contribution in [0.15, 0.2) is 18.2 Å². The van der Waals surface area contributed by atoms with Crippen molar-refractivity contribution >= 4 is 0 Å². The molecule has 3 nitrogen and oxygen atoms in total. The van der Waals surface area contributed by atoms with Gasteiger partial charge in [0.25, 0.3) is 0 Å². The Morgan fingerprint density at radius 1 is 1.44 bits per heavy atom. The minimum atomic E-state index is 0.586. The predicted molar refractivity (Wildman–Crippen MR) is 75.5 cm³/mol. The summed E-state index contributed by atoms with van der Waals surface area (Å²) in [6, 6.07) is 7.56. The van der Waals surface area contributed by atoms with Gasteiger partial charge in [-0.05, 0) is 32.4 Å². The van der Waals surface area contributed by atoms with Crippen LogP contribution in [0.25, 0.3) is 0 Å². The number of pyridine rings is 1. The Kier molecular flexibility index (Phi) is 4.72.